The SMILES string of the molecule is Cl.O=C(c1ccc(OC(F)(F)F)cc1)c1cc2ccccc2cc1-c1cccnc1. The van der Waals surface area contributed by atoms with Crippen molar-refractivity contribution >= 4 is 29.0 Å². The summed E-state index contributed by atoms with van der Waals surface area (Å²) in [5, 5.41) is 1.86. The van der Waals surface area contributed by atoms with Crippen LogP contribution in [0.3, 0.4) is 0 Å². The van der Waals surface area contributed by atoms with Gasteiger partial charge in [-0.15, -0.1) is 25.6 Å². The van der Waals surface area contributed by atoms with Crippen LogP contribution in [0.4, 0.5) is 13.2 Å². The van der Waals surface area contributed by atoms with E-state index in [4.69, 9.17) is 0 Å². The van der Waals surface area contributed by atoms with Gasteiger partial charge in [0, 0.05) is 29.1 Å². The number of carbonyl (C=O) groups is 1. The first kappa shape index (κ1) is 21.3. The fraction of sp³-hybridized carbons (Fsp3) is 0.0435. The molecule has 0 saturated carbocycles. The number of nitrogens with zero attached hydrogens (tertiary/aromatic N) is 1. The van der Waals surface area contributed by atoms with E-state index in [2.05, 4.69) is 9.72 Å². The molecule has 0 aliphatic heterocycles. The number of alkyl halides is 3. The van der Waals surface area contributed by atoms with E-state index in [1.165, 1.54) is 12.1 Å². The minimum atomic E-state index is -4.78. The molecule has 3 nitrogen and oxygen atoms in total. The zero-order valence-electron chi connectivity index (χ0n) is 15.4. The molecular weight excluding hydrogens is 415 g/mol. The summed E-state index contributed by atoms with van der Waals surface area (Å²) in [6.45, 7) is 0. The van der Waals surface area contributed by atoms with Crippen LogP contribution >= 0.6 is 12.4 Å². The van der Waals surface area contributed by atoms with Gasteiger partial charge in [-0.05, 0) is 58.8 Å². The van der Waals surface area contributed by atoms with Gasteiger partial charge in [0.25, 0.3) is 0 Å². The van der Waals surface area contributed by atoms with Crippen LogP contribution in [-0.4, -0.2) is 17.1 Å². The lowest BCUT2D eigenvalue weighted by Crippen LogP contribution is -2.17. The Labute approximate surface area is 176 Å². The van der Waals surface area contributed by atoms with E-state index < -0.39 is 6.36 Å². The van der Waals surface area contributed by atoms with Gasteiger partial charge >= 0.3 is 6.36 Å². The molecule has 0 amide bonds. The molecule has 4 rings (SSSR count). The molecule has 4 aromatic rings. The maximum Gasteiger partial charge on any atom is 0.573 e. The van der Waals surface area contributed by atoms with Crippen LogP contribution in [-0.2, 0) is 0 Å². The maximum absolute atomic E-state index is 13.2. The standard InChI is InChI=1S/C23H14F3NO2.ClH/c24-23(25,26)29-19-9-7-15(8-10-19)22(28)21-13-17-5-2-1-4-16(17)12-20(21)18-6-3-11-27-14-18;/h1-14H;1H. The summed E-state index contributed by atoms with van der Waals surface area (Å²) in [5.74, 6) is -0.673. The third-order valence-corrected chi connectivity index (χ3v) is 4.45. The van der Waals surface area contributed by atoms with Crippen molar-refractivity contribution in [3.05, 3.63) is 96.3 Å². The minimum absolute atomic E-state index is 0. The summed E-state index contributed by atoms with van der Waals surface area (Å²) >= 11 is 0. The largest absolute Gasteiger partial charge is 0.573 e. The van der Waals surface area contributed by atoms with Gasteiger partial charge in [0.1, 0.15) is 5.75 Å². The molecule has 0 aliphatic rings. The van der Waals surface area contributed by atoms with Crippen LogP contribution in [0.5, 0.6) is 5.75 Å². The quantitative estimate of drug-likeness (QED) is 0.350. The van der Waals surface area contributed by atoms with Crippen molar-refractivity contribution < 1.29 is 22.7 Å². The lowest BCUT2D eigenvalue weighted by molar-refractivity contribution is -0.274. The molecule has 1 aromatic heterocycles. The van der Waals surface area contributed by atoms with Crippen LogP contribution in [0.1, 0.15) is 15.9 Å². The first-order chi connectivity index (χ1) is 13.9. The van der Waals surface area contributed by atoms with Crippen LogP contribution in [0, 0.1) is 0 Å². The Kier molecular flexibility index (Phi) is 6.08. The van der Waals surface area contributed by atoms with Crippen LogP contribution in [0.2, 0.25) is 0 Å². The number of ether oxygens (including phenoxy) is 1. The lowest BCUT2D eigenvalue weighted by atomic mass is 9.91. The Morgan fingerprint density at radius 3 is 2.13 bits per heavy atom. The van der Waals surface area contributed by atoms with E-state index in [0.717, 1.165) is 28.5 Å². The average molecular weight is 430 g/mol. The Hall–Kier alpha value is -3.38. The fourth-order valence-electron chi connectivity index (χ4n) is 3.15. The summed E-state index contributed by atoms with van der Waals surface area (Å²) < 4.78 is 41.0. The summed E-state index contributed by atoms with van der Waals surface area (Å²) in [4.78, 5) is 17.3. The van der Waals surface area contributed by atoms with E-state index >= 15 is 0 Å². The van der Waals surface area contributed by atoms with Crippen molar-refractivity contribution in [2.75, 3.05) is 0 Å². The van der Waals surface area contributed by atoms with Gasteiger partial charge in [-0.3, -0.25) is 9.78 Å². The van der Waals surface area contributed by atoms with Crippen molar-refractivity contribution in [2.24, 2.45) is 0 Å². The Balaban J connectivity index is 0.00000256. The monoisotopic (exact) mass is 429 g/mol. The third-order valence-electron chi connectivity index (χ3n) is 4.45. The van der Waals surface area contributed by atoms with Crippen LogP contribution < -0.4 is 4.74 Å². The zero-order chi connectivity index (χ0) is 20.4. The second-order valence-corrected chi connectivity index (χ2v) is 6.39. The Morgan fingerprint density at radius 1 is 0.867 bits per heavy atom. The highest BCUT2D eigenvalue weighted by atomic mass is 35.5. The smallest absolute Gasteiger partial charge is 0.406 e. The Morgan fingerprint density at radius 2 is 1.53 bits per heavy atom. The highest BCUT2D eigenvalue weighted by Gasteiger charge is 2.31. The second-order valence-electron chi connectivity index (χ2n) is 6.39. The number of aromatic nitrogens is 1. The van der Waals surface area contributed by atoms with Crippen molar-refractivity contribution in [1.29, 1.82) is 0 Å². The number of carbonyl (C=O) groups excluding carboxylic acids is 1. The van der Waals surface area contributed by atoms with E-state index in [1.807, 2.05) is 36.4 Å². The van der Waals surface area contributed by atoms with Gasteiger partial charge in [0.05, 0.1) is 0 Å². The summed E-state index contributed by atoms with van der Waals surface area (Å²) in [5.41, 5.74) is 2.19. The molecule has 0 spiro atoms. The third kappa shape index (κ3) is 4.60. The molecule has 0 N–H and O–H groups in total. The van der Waals surface area contributed by atoms with E-state index in [9.17, 15) is 18.0 Å². The van der Waals surface area contributed by atoms with Gasteiger partial charge < -0.3 is 4.74 Å². The number of rotatable bonds is 4. The zero-order valence-corrected chi connectivity index (χ0v) is 16.2. The molecule has 0 bridgehead atoms. The van der Waals surface area contributed by atoms with E-state index in [-0.39, 0.29) is 29.5 Å². The predicted octanol–water partition coefficient (Wildman–Crippen LogP) is 6.45. The highest BCUT2D eigenvalue weighted by Crippen LogP contribution is 2.31. The van der Waals surface area contributed by atoms with Gasteiger partial charge in [-0.25, -0.2) is 0 Å². The molecule has 152 valence electrons. The molecule has 0 atom stereocenters. The number of pyridine rings is 1. The molecular formula is C23H15ClF3NO2. The van der Waals surface area contributed by atoms with Crippen molar-refractivity contribution in [1.82, 2.24) is 4.98 Å². The summed E-state index contributed by atoms with van der Waals surface area (Å²) in [7, 11) is 0. The maximum atomic E-state index is 13.2. The predicted molar refractivity (Wildman–Crippen MR) is 111 cm³/mol. The average Bonchev–Trinajstić information content (AvgIpc) is 2.72. The fourth-order valence-corrected chi connectivity index (χ4v) is 3.15. The topological polar surface area (TPSA) is 39.2 Å². The molecule has 3 aromatic carbocycles. The molecule has 0 radical (unpaired) electrons. The van der Waals surface area contributed by atoms with Crippen molar-refractivity contribution in [2.45, 2.75) is 6.36 Å². The van der Waals surface area contributed by atoms with Gasteiger partial charge in [0.2, 0.25) is 0 Å². The van der Waals surface area contributed by atoms with Gasteiger partial charge in [-0.2, -0.15) is 0 Å². The van der Waals surface area contributed by atoms with E-state index in [0.29, 0.717) is 11.1 Å². The molecule has 30 heavy (non-hydrogen) atoms. The van der Waals surface area contributed by atoms with Gasteiger partial charge in [0.15, 0.2) is 5.78 Å². The lowest BCUT2D eigenvalue weighted by Gasteiger charge is -2.12. The molecule has 0 aliphatic carbocycles. The number of benzene rings is 3. The minimum Gasteiger partial charge on any atom is -0.406 e. The number of ketones is 1. The van der Waals surface area contributed by atoms with Crippen molar-refractivity contribution in [3.8, 4) is 16.9 Å². The van der Waals surface area contributed by atoms with Gasteiger partial charge in [-0.1, -0.05) is 30.3 Å². The molecule has 0 unspecified atom stereocenters. The van der Waals surface area contributed by atoms with Crippen LogP contribution in [0.15, 0.2) is 85.2 Å². The highest BCUT2D eigenvalue weighted by molar-refractivity contribution is 6.15. The Bertz CT molecular complexity index is 1180. The van der Waals surface area contributed by atoms with Crippen LogP contribution in [0.25, 0.3) is 21.9 Å². The second kappa shape index (κ2) is 8.55. The van der Waals surface area contributed by atoms with E-state index in [1.54, 1.807) is 24.5 Å². The normalized spacial score (nSPS) is 11.0. The first-order valence-corrected chi connectivity index (χ1v) is 8.74. The molecule has 7 heteroatoms. The summed E-state index contributed by atoms with van der Waals surface area (Å²) in [6.07, 6.45) is -1.47. The number of halogens is 4. The first-order valence-electron chi connectivity index (χ1n) is 8.74. The number of fused-ring (bicyclic) bond motifs is 1. The summed E-state index contributed by atoms with van der Waals surface area (Å²) in [6, 6.07) is 19.9. The number of hydrogen-bond donors (Lipinski definition) is 0. The molecule has 1 heterocycles. The number of hydrogen-bond acceptors (Lipinski definition) is 3. The molecule has 0 saturated heterocycles. The molecule has 0 fully saturated rings. The van der Waals surface area contributed by atoms with Crippen molar-refractivity contribution in [3.63, 3.8) is 0 Å².